The van der Waals surface area contributed by atoms with Gasteiger partial charge in [-0.05, 0) is 30.7 Å². The highest BCUT2D eigenvalue weighted by Crippen LogP contribution is 2.26. The highest BCUT2D eigenvalue weighted by atomic mass is 35.6. The number of halogens is 3. The third kappa shape index (κ3) is 5.40. The zero-order chi connectivity index (χ0) is 17.7. The lowest BCUT2D eigenvalue weighted by molar-refractivity contribution is -0.151. The lowest BCUT2D eigenvalue weighted by atomic mass is 9.99. The van der Waals surface area contributed by atoms with E-state index in [1.807, 2.05) is 17.6 Å². The first-order valence-electron chi connectivity index (χ1n) is 6.81. The van der Waals surface area contributed by atoms with Gasteiger partial charge < -0.3 is 9.57 Å². The first kappa shape index (κ1) is 18.6. The van der Waals surface area contributed by atoms with E-state index >= 15 is 0 Å². The predicted molar refractivity (Wildman–Crippen MR) is 91.0 cm³/mol. The molecule has 0 spiro atoms. The molecular weight excluding hydrogens is 379 g/mol. The summed E-state index contributed by atoms with van der Waals surface area (Å²) >= 11 is 16.3. The number of pyridine rings is 1. The summed E-state index contributed by atoms with van der Waals surface area (Å²) in [6.07, 6.45) is 0.650. The van der Waals surface area contributed by atoms with Crippen molar-refractivity contribution in [2.24, 2.45) is 0 Å². The highest BCUT2D eigenvalue weighted by molar-refractivity contribution is 6.67. The molecule has 1 aromatic heterocycles. The summed E-state index contributed by atoms with van der Waals surface area (Å²) in [5, 5.41) is 0.893. The Hall–Kier alpha value is -1.76. The Kier molecular flexibility index (Phi) is 6.10. The number of hydroxylamine groups is 1. The van der Waals surface area contributed by atoms with Gasteiger partial charge in [0.2, 0.25) is 3.79 Å². The Morgan fingerprint density at radius 1 is 1.29 bits per heavy atom. The second-order valence-electron chi connectivity index (χ2n) is 4.89. The van der Waals surface area contributed by atoms with Crippen molar-refractivity contribution < 1.29 is 19.2 Å². The van der Waals surface area contributed by atoms with Crippen LogP contribution in [0.5, 0.6) is 0 Å². The molecule has 1 unspecified atom stereocenters. The van der Waals surface area contributed by atoms with E-state index in [1.54, 1.807) is 31.3 Å². The van der Waals surface area contributed by atoms with Crippen molar-refractivity contribution in [2.45, 2.75) is 16.6 Å². The van der Waals surface area contributed by atoms with Gasteiger partial charge in [0.15, 0.2) is 0 Å². The Bertz CT molecular complexity index is 749. The molecule has 0 bridgehead atoms. The van der Waals surface area contributed by atoms with Crippen LogP contribution in [0.2, 0.25) is 0 Å². The van der Waals surface area contributed by atoms with Crippen LogP contribution < -0.4 is 5.48 Å². The average molecular weight is 392 g/mol. The third-order valence-electron chi connectivity index (χ3n) is 3.08. The fourth-order valence-electron chi connectivity index (χ4n) is 1.86. The summed E-state index contributed by atoms with van der Waals surface area (Å²) in [7, 11) is 0. The van der Waals surface area contributed by atoms with E-state index < -0.39 is 28.4 Å². The predicted octanol–water partition coefficient (Wildman–Crippen LogP) is 3.89. The molecule has 24 heavy (non-hydrogen) atoms. The number of aromatic nitrogens is 1. The van der Waals surface area contributed by atoms with Crippen molar-refractivity contribution in [1.29, 1.82) is 0 Å². The Labute approximate surface area is 152 Å². The Balaban J connectivity index is 1.92. The van der Waals surface area contributed by atoms with Crippen LogP contribution in [0.4, 0.5) is 4.79 Å². The average Bonchev–Trinajstić information content (AvgIpc) is 2.56. The van der Waals surface area contributed by atoms with Crippen molar-refractivity contribution in [3.8, 4) is 0 Å². The maximum atomic E-state index is 12.0. The van der Waals surface area contributed by atoms with Crippen LogP contribution in [-0.2, 0) is 14.4 Å². The van der Waals surface area contributed by atoms with Gasteiger partial charge in [-0.3, -0.25) is 4.98 Å². The van der Waals surface area contributed by atoms with Crippen LogP contribution in [-0.4, -0.2) is 27.4 Å². The molecule has 6 nitrogen and oxygen atoms in total. The van der Waals surface area contributed by atoms with Gasteiger partial charge in [-0.2, -0.15) is 0 Å². The molecule has 0 saturated heterocycles. The number of fused-ring (bicyclic) bond motifs is 1. The van der Waals surface area contributed by atoms with Gasteiger partial charge in [0, 0.05) is 11.6 Å². The molecule has 0 aliphatic rings. The minimum atomic E-state index is -1.74. The van der Waals surface area contributed by atoms with E-state index in [4.69, 9.17) is 34.8 Å². The summed E-state index contributed by atoms with van der Waals surface area (Å²) in [5.74, 6) is -1.27. The molecule has 0 radical (unpaired) electrons. The van der Waals surface area contributed by atoms with Crippen molar-refractivity contribution in [2.75, 3.05) is 6.61 Å². The fraction of sp³-hybridized carbons (Fsp3) is 0.267. The minimum absolute atomic E-state index is 0.478. The van der Waals surface area contributed by atoms with Crippen molar-refractivity contribution in [3.63, 3.8) is 0 Å². The number of hydrogen-bond acceptors (Lipinski definition) is 5. The van der Waals surface area contributed by atoms with E-state index in [0.29, 0.717) is 0 Å². The number of rotatable bonds is 3. The Morgan fingerprint density at radius 3 is 2.75 bits per heavy atom. The third-order valence-corrected chi connectivity index (χ3v) is 3.41. The van der Waals surface area contributed by atoms with E-state index in [9.17, 15) is 9.59 Å². The van der Waals surface area contributed by atoms with Gasteiger partial charge >= 0.3 is 12.1 Å². The molecule has 9 heteroatoms. The van der Waals surface area contributed by atoms with E-state index in [2.05, 4.69) is 14.6 Å². The molecule has 2 rings (SSSR count). The molecule has 1 heterocycles. The molecule has 1 atom stereocenters. The summed E-state index contributed by atoms with van der Waals surface area (Å²) in [4.78, 5) is 32.2. The zero-order valence-corrected chi connectivity index (χ0v) is 14.7. The minimum Gasteiger partial charge on any atom is -0.443 e. The molecular formula is C15H13Cl3N2O4. The number of nitrogens with one attached hydrogen (secondary N) is 1. The fourth-order valence-corrected chi connectivity index (χ4v) is 2.02. The lowest BCUT2D eigenvalue weighted by Crippen LogP contribution is -2.31. The number of amides is 1. The van der Waals surface area contributed by atoms with Crippen molar-refractivity contribution in [3.05, 3.63) is 42.1 Å². The first-order chi connectivity index (χ1) is 11.3. The SMILES string of the molecule is CC(C(=O)ONC(=O)OCC(Cl)(Cl)Cl)c1ccc2ncccc2c1. The number of carbonyl (C=O) groups excluding carboxylic acids is 2. The first-order valence-corrected chi connectivity index (χ1v) is 7.94. The van der Waals surface area contributed by atoms with Crippen LogP contribution in [0.25, 0.3) is 10.9 Å². The summed E-state index contributed by atoms with van der Waals surface area (Å²) in [6.45, 7) is 1.17. The maximum Gasteiger partial charge on any atom is 0.440 e. The normalized spacial score (nSPS) is 12.5. The Morgan fingerprint density at radius 2 is 2.04 bits per heavy atom. The van der Waals surface area contributed by atoms with Gasteiger partial charge in [0.1, 0.15) is 6.61 Å². The van der Waals surface area contributed by atoms with Crippen LogP contribution in [0.15, 0.2) is 36.5 Å². The van der Waals surface area contributed by atoms with Crippen molar-refractivity contribution >= 4 is 57.8 Å². The molecule has 0 saturated carbocycles. The van der Waals surface area contributed by atoms with Crippen LogP contribution >= 0.6 is 34.8 Å². The smallest absolute Gasteiger partial charge is 0.440 e. The molecule has 1 N–H and O–H groups in total. The second-order valence-corrected chi connectivity index (χ2v) is 7.41. The van der Waals surface area contributed by atoms with Gasteiger partial charge in [0.05, 0.1) is 11.4 Å². The summed E-state index contributed by atoms with van der Waals surface area (Å²) in [5.41, 5.74) is 3.38. The van der Waals surface area contributed by atoms with E-state index in [1.165, 1.54) is 0 Å². The van der Waals surface area contributed by atoms with Crippen LogP contribution in [0.3, 0.4) is 0 Å². The van der Waals surface area contributed by atoms with Crippen molar-refractivity contribution in [1.82, 2.24) is 10.5 Å². The van der Waals surface area contributed by atoms with E-state index in [0.717, 1.165) is 16.5 Å². The van der Waals surface area contributed by atoms with E-state index in [-0.39, 0.29) is 0 Å². The number of hydrogen-bond donors (Lipinski definition) is 1. The molecule has 2 aromatic rings. The number of nitrogens with zero attached hydrogens (tertiary/aromatic N) is 1. The largest absolute Gasteiger partial charge is 0.443 e. The molecule has 1 aromatic carbocycles. The molecule has 0 aliphatic carbocycles. The second kappa shape index (κ2) is 7.88. The number of benzene rings is 1. The number of ether oxygens (including phenoxy) is 1. The molecule has 0 aliphatic heterocycles. The summed E-state index contributed by atoms with van der Waals surface area (Å²) < 4.78 is 2.83. The quantitative estimate of drug-likeness (QED) is 0.634. The van der Waals surface area contributed by atoms with Gasteiger partial charge in [0.25, 0.3) is 0 Å². The lowest BCUT2D eigenvalue weighted by Gasteiger charge is -2.14. The monoisotopic (exact) mass is 390 g/mol. The van der Waals surface area contributed by atoms with Gasteiger partial charge in [-0.1, -0.05) is 46.9 Å². The molecule has 128 valence electrons. The van der Waals surface area contributed by atoms with Crippen LogP contribution in [0, 0.1) is 0 Å². The number of carbonyl (C=O) groups is 2. The number of alkyl halides is 3. The zero-order valence-electron chi connectivity index (χ0n) is 12.5. The van der Waals surface area contributed by atoms with Gasteiger partial charge in [-0.25, -0.2) is 9.59 Å². The standard InChI is InChI=1S/C15H13Cl3N2O4/c1-9(10-4-5-12-11(7-10)3-2-6-19-12)13(21)24-20-14(22)23-8-15(16,17)18/h2-7,9H,8H2,1H3,(H,20,22). The highest BCUT2D eigenvalue weighted by Gasteiger charge is 2.23. The maximum absolute atomic E-state index is 12.0. The topological polar surface area (TPSA) is 77.5 Å². The molecule has 0 fully saturated rings. The summed E-state index contributed by atoms with van der Waals surface area (Å²) in [6, 6.07) is 9.09. The van der Waals surface area contributed by atoms with Crippen LogP contribution in [0.1, 0.15) is 18.4 Å². The molecule has 1 amide bonds. The van der Waals surface area contributed by atoms with Gasteiger partial charge in [-0.15, -0.1) is 5.48 Å².